The Morgan fingerprint density at radius 1 is 1.25 bits per heavy atom. The first kappa shape index (κ1) is 20.1. The van der Waals surface area contributed by atoms with Crippen LogP contribution in [0.5, 0.6) is 5.75 Å². The number of carbonyl (C=O) groups is 1. The predicted octanol–water partition coefficient (Wildman–Crippen LogP) is 3.52. The molecule has 1 heterocycles. The molecule has 28 heavy (non-hydrogen) atoms. The van der Waals surface area contributed by atoms with Gasteiger partial charge in [0.15, 0.2) is 5.82 Å². The van der Waals surface area contributed by atoms with Gasteiger partial charge in [-0.1, -0.05) is 34.4 Å². The van der Waals surface area contributed by atoms with Crippen molar-refractivity contribution in [2.75, 3.05) is 13.2 Å². The van der Waals surface area contributed by atoms with E-state index in [1.54, 1.807) is 49.4 Å². The molecule has 1 atom stereocenters. The van der Waals surface area contributed by atoms with Crippen molar-refractivity contribution in [2.24, 2.45) is 0 Å². The van der Waals surface area contributed by atoms with E-state index >= 15 is 0 Å². The first-order chi connectivity index (χ1) is 13.4. The molecule has 9 heteroatoms. The maximum absolute atomic E-state index is 12.2. The molecule has 0 radical (unpaired) electrons. The summed E-state index contributed by atoms with van der Waals surface area (Å²) in [5.74, 6) is 0.961. The molecule has 0 spiro atoms. The number of amides is 1. The lowest BCUT2D eigenvalue weighted by molar-refractivity contribution is 0.0844. The number of aryl methyl sites for hydroxylation is 1. The Bertz CT molecular complexity index is 960. The van der Waals surface area contributed by atoms with Crippen molar-refractivity contribution in [3.63, 3.8) is 0 Å². The molecule has 0 aliphatic rings. The van der Waals surface area contributed by atoms with E-state index in [-0.39, 0.29) is 24.1 Å². The molecular formula is C19H17Cl2N3O4. The van der Waals surface area contributed by atoms with Crippen LogP contribution in [-0.4, -0.2) is 40.4 Å². The summed E-state index contributed by atoms with van der Waals surface area (Å²) < 4.78 is 10.5. The number of nitrogens with one attached hydrogen (secondary N) is 1. The third kappa shape index (κ3) is 5.01. The Balaban J connectivity index is 1.50. The Kier molecular flexibility index (Phi) is 6.51. The van der Waals surface area contributed by atoms with Crippen molar-refractivity contribution in [3.8, 4) is 17.2 Å². The second kappa shape index (κ2) is 9.05. The van der Waals surface area contributed by atoms with E-state index < -0.39 is 6.10 Å². The number of aliphatic hydroxyl groups excluding tert-OH is 1. The third-order valence-corrected chi connectivity index (χ3v) is 4.57. The number of carbonyl (C=O) groups excluding carboxylic acids is 1. The van der Waals surface area contributed by atoms with Gasteiger partial charge in [0.05, 0.1) is 5.02 Å². The molecule has 0 fully saturated rings. The van der Waals surface area contributed by atoms with Gasteiger partial charge in [-0.3, -0.25) is 4.79 Å². The van der Waals surface area contributed by atoms with Gasteiger partial charge in [0.2, 0.25) is 0 Å². The third-order valence-electron chi connectivity index (χ3n) is 3.77. The molecule has 2 N–H and O–H groups in total. The highest BCUT2D eigenvalue weighted by Crippen LogP contribution is 2.31. The van der Waals surface area contributed by atoms with Gasteiger partial charge in [-0.15, -0.1) is 0 Å². The van der Waals surface area contributed by atoms with Crippen molar-refractivity contribution in [1.29, 1.82) is 0 Å². The molecule has 3 aromatic rings. The molecule has 1 aromatic heterocycles. The van der Waals surface area contributed by atoms with Crippen molar-refractivity contribution < 1.29 is 19.2 Å². The molecule has 0 saturated carbocycles. The molecule has 3 rings (SSSR count). The van der Waals surface area contributed by atoms with Crippen LogP contribution < -0.4 is 10.1 Å². The van der Waals surface area contributed by atoms with Crippen molar-refractivity contribution in [1.82, 2.24) is 15.5 Å². The molecular weight excluding hydrogens is 405 g/mol. The highest BCUT2D eigenvalue weighted by atomic mass is 35.5. The van der Waals surface area contributed by atoms with E-state index in [1.165, 1.54) is 0 Å². The monoisotopic (exact) mass is 421 g/mol. The molecule has 1 amide bonds. The number of aromatic nitrogens is 2. The van der Waals surface area contributed by atoms with Crippen molar-refractivity contribution in [3.05, 3.63) is 63.9 Å². The Labute approximate surface area is 171 Å². The predicted molar refractivity (Wildman–Crippen MR) is 105 cm³/mol. The van der Waals surface area contributed by atoms with Gasteiger partial charge in [0.25, 0.3) is 11.8 Å². The lowest BCUT2D eigenvalue weighted by atomic mass is 10.1. The SMILES string of the molecule is Cc1noc(-c2ccc(C(=O)NCC(O)COc3cccc(Cl)c3Cl)cc2)n1. The summed E-state index contributed by atoms with van der Waals surface area (Å²) in [7, 11) is 0. The fourth-order valence-electron chi connectivity index (χ4n) is 2.33. The molecule has 2 aromatic carbocycles. The summed E-state index contributed by atoms with van der Waals surface area (Å²) >= 11 is 11.9. The summed E-state index contributed by atoms with van der Waals surface area (Å²) in [5.41, 5.74) is 1.15. The number of halogens is 2. The Morgan fingerprint density at radius 3 is 2.68 bits per heavy atom. The topological polar surface area (TPSA) is 97.5 Å². The first-order valence-corrected chi connectivity index (χ1v) is 9.13. The number of ether oxygens (including phenoxy) is 1. The fraction of sp³-hybridized carbons (Fsp3) is 0.211. The largest absolute Gasteiger partial charge is 0.489 e. The van der Waals surface area contributed by atoms with Crippen LogP contribution in [0.4, 0.5) is 0 Å². The number of rotatable bonds is 7. The minimum atomic E-state index is -0.917. The number of hydrogen-bond donors (Lipinski definition) is 2. The summed E-state index contributed by atoms with van der Waals surface area (Å²) in [6, 6.07) is 11.7. The smallest absolute Gasteiger partial charge is 0.257 e. The minimum Gasteiger partial charge on any atom is -0.489 e. The van der Waals surface area contributed by atoms with Crippen LogP contribution in [0.25, 0.3) is 11.5 Å². The van der Waals surface area contributed by atoms with E-state index in [1.807, 2.05) is 0 Å². The van der Waals surface area contributed by atoms with Gasteiger partial charge in [-0.2, -0.15) is 4.98 Å². The summed E-state index contributed by atoms with van der Waals surface area (Å²) in [6.07, 6.45) is -0.917. The van der Waals surface area contributed by atoms with E-state index in [0.29, 0.717) is 33.6 Å². The highest BCUT2D eigenvalue weighted by Gasteiger charge is 2.13. The standard InChI is InChI=1S/C19H17Cl2N3O4/c1-11-23-19(28-24-11)13-7-5-12(6-8-13)18(26)22-9-14(25)10-27-16-4-2-3-15(20)17(16)21/h2-8,14,25H,9-10H2,1H3,(H,22,26). The fourth-order valence-corrected chi connectivity index (χ4v) is 2.68. The second-order valence-electron chi connectivity index (χ2n) is 5.95. The van der Waals surface area contributed by atoms with Gasteiger partial charge < -0.3 is 19.7 Å². The van der Waals surface area contributed by atoms with E-state index in [2.05, 4.69) is 15.5 Å². The molecule has 146 valence electrons. The zero-order valence-corrected chi connectivity index (χ0v) is 16.4. The molecule has 0 aliphatic heterocycles. The average molecular weight is 422 g/mol. The zero-order chi connectivity index (χ0) is 20.1. The van der Waals surface area contributed by atoms with Crippen molar-refractivity contribution in [2.45, 2.75) is 13.0 Å². The minimum absolute atomic E-state index is 0.0155. The molecule has 0 saturated heterocycles. The lowest BCUT2D eigenvalue weighted by Gasteiger charge is -2.14. The van der Waals surface area contributed by atoms with Gasteiger partial charge in [-0.05, 0) is 43.3 Å². The van der Waals surface area contributed by atoms with Gasteiger partial charge in [0.1, 0.15) is 23.5 Å². The van der Waals surface area contributed by atoms with Gasteiger partial charge >= 0.3 is 0 Å². The molecule has 1 unspecified atom stereocenters. The van der Waals surface area contributed by atoms with Crippen molar-refractivity contribution >= 4 is 29.1 Å². The van der Waals surface area contributed by atoms with Crippen LogP contribution in [0.15, 0.2) is 47.0 Å². The lowest BCUT2D eigenvalue weighted by Crippen LogP contribution is -2.35. The van der Waals surface area contributed by atoms with Crippen LogP contribution in [0, 0.1) is 6.92 Å². The average Bonchev–Trinajstić information content (AvgIpc) is 3.13. The highest BCUT2D eigenvalue weighted by molar-refractivity contribution is 6.42. The summed E-state index contributed by atoms with van der Waals surface area (Å²) in [4.78, 5) is 16.4. The molecule has 0 bridgehead atoms. The number of benzene rings is 2. The maximum atomic E-state index is 12.2. The van der Waals surface area contributed by atoms with Crippen LogP contribution in [-0.2, 0) is 0 Å². The zero-order valence-electron chi connectivity index (χ0n) is 14.9. The number of hydrogen-bond acceptors (Lipinski definition) is 6. The summed E-state index contributed by atoms with van der Waals surface area (Å²) in [5, 5.41) is 17.0. The number of nitrogens with zero attached hydrogens (tertiary/aromatic N) is 2. The second-order valence-corrected chi connectivity index (χ2v) is 6.74. The number of aliphatic hydroxyl groups is 1. The van der Waals surface area contributed by atoms with Gasteiger partial charge in [0, 0.05) is 17.7 Å². The summed E-state index contributed by atoms with van der Waals surface area (Å²) in [6.45, 7) is 1.70. The van der Waals surface area contributed by atoms with E-state index in [4.69, 9.17) is 32.5 Å². The molecule has 0 aliphatic carbocycles. The van der Waals surface area contributed by atoms with Crippen LogP contribution in [0.1, 0.15) is 16.2 Å². The normalized spacial score (nSPS) is 11.9. The van der Waals surface area contributed by atoms with E-state index in [9.17, 15) is 9.90 Å². The maximum Gasteiger partial charge on any atom is 0.257 e. The molecule has 7 nitrogen and oxygen atoms in total. The van der Waals surface area contributed by atoms with Crippen LogP contribution in [0.3, 0.4) is 0 Å². The van der Waals surface area contributed by atoms with Crippen LogP contribution in [0.2, 0.25) is 10.0 Å². The van der Waals surface area contributed by atoms with Gasteiger partial charge in [-0.25, -0.2) is 0 Å². The van der Waals surface area contributed by atoms with Crippen LogP contribution >= 0.6 is 23.2 Å². The Hall–Kier alpha value is -2.61. The van der Waals surface area contributed by atoms with E-state index in [0.717, 1.165) is 0 Å². The Morgan fingerprint density at radius 2 is 2.00 bits per heavy atom. The first-order valence-electron chi connectivity index (χ1n) is 8.38. The quantitative estimate of drug-likeness (QED) is 0.605.